The van der Waals surface area contributed by atoms with Crippen LogP contribution >= 0.6 is 0 Å². The Labute approximate surface area is 170 Å². The van der Waals surface area contributed by atoms with Crippen LogP contribution in [-0.4, -0.2) is 47.2 Å². The molecule has 3 aliphatic rings. The van der Waals surface area contributed by atoms with Crippen molar-refractivity contribution in [3.63, 3.8) is 0 Å². The second-order valence-corrected chi connectivity index (χ2v) is 8.24. The van der Waals surface area contributed by atoms with E-state index in [2.05, 4.69) is 60.1 Å². The van der Waals surface area contributed by atoms with Crippen molar-refractivity contribution in [2.24, 2.45) is 10.9 Å². The topological polar surface area (TPSA) is 47.9 Å². The normalized spacial score (nSPS) is 24.5. The van der Waals surface area contributed by atoms with Gasteiger partial charge in [-0.15, -0.1) is 0 Å². The first-order valence-corrected chi connectivity index (χ1v) is 11.0. The number of hydrogen-bond donors (Lipinski definition) is 1. The fourth-order valence-corrected chi connectivity index (χ4v) is 4.11. The van der Waals surface area contributed by atoms with Crippen LogP contribution in [0.25, 0.3) is 0 Å². The maximum Gasteiger partial charge on any atom is 0.222 e. The molecule has 1 N–H and O–H groups in total. The highest BCUT2D eigenvalue weighted by molar-refractivity contribution is 6.06. The number of rotatable bonds is 7. The molecular weight excluding hydrogens is 348 g/mol. The molecule has 0 aromatic heterocycles. The van der Waals surface area contributed by atoms with E-state index < -0.39 is 0 Å². The van der Waals surface area contributed by atoms with Gasteiger partial charge in [-0.25, -0.2) is 4.99 Å². The molecular formula is C23H36N4O. The van der Waals surface area contributed by atoms with E-state index in [4.69, 9.17) is 0 Å². The number of allylic oxidation sites excluding steroid dienone is 2. The van der Waals surface area contributed by atoms with E-state index in [0.717, 1.165) is 44.7 Å². The highest BCUT2D eigenvalue weighted by Crippen LogP contribution is 2.43. The Balaban J connectivity index is 1.73. The highest BCUT2D eigenvalue weighted by Gasteiger charge is 2.35. The number of amides is 1. The van der Waals surface area contributed by atoms with Crippen molar-refractivity contribution in [1.29, 1.82) is 0 Å². The van der Waals surface area contributed by atoms with Crippen molar-refractivity contribution in [2.45, 2.75) is 72.3 Å². The summed E-state index contributed by atoms with van der Waals surface area (Å²) in [5, 5.41) is 3.39. The van der Waals surface area contributed by atoms with Crippen LogP contribution in [0.2, 0.25) is 0 Å². The lowest BCUT2D eigenvalue weighted by Gasteiger charge is -2.42. The zero-order valence-corrected chi connectivity index (χ0v) is 18.0. The third kappa shape index (κ3) is 4.68. The average molecular weight is 385 g/mol. The number of amidine groups is 1. The lowest BCUT2D eigenvalue weighted by Crippen LogP contribution is -2.53. The molecule has 1 saturated carbocycles. The van der Waals surface area contributed by atoms with Crippen LogP contribution in [0.15, 0.2) is 40.3 Å². The zero-order chi connectivity index (χ0) is 20.1. The largest absolute Gasteiger partial charge is 0.371 e. The Morgan fingerprint density at radius 1 is 1.32 bits per heavy atom. The lowest BCUT2D eigenvalue weighted by molar-refractivity contribution is -0.135. The summed E-state index contributed by atoms with van der Waals surface area (Å²) in [6.45, 7) is 11.3. The highest BCUT2D eigenvalue weighted by atomic mass is 16.2. The van der Waals surface area contributed by atoms with Crippen LogP contribution in [-0.2, 0) is 4.79 Å². The van der Waals surface area contributed by atoms with Gasteiger partial charge in [-0.2, -0.15) is 0 Å². The Bertz CT molecular complexity index is 699. The standard InChI is InChI=1S/C23H36N4O/c1-5-7-9-21(28)27-14-13-26(16-17(27)3)18(4)22-20(19-10-11-19)15-25-23(22)24-12-8-6-2/h8,12,15,17,19H,5-7,9-11,13-14,16H2,1-4H3,(H,24,25)/b12-8+,22-18+. The molecule has 0 aromatic carbocycles. The van der Waals surface area contributed by atoms with E-state index in [1.54, 1.807) is 0 Å². The molecule has 3 rings (SSSR count). The fourth-order valence-electron chi connectivity index (χ4n) is 4.11. The van der Waals surface area contributed by atoms with E-state index in [0.29, 0.717) is 18.2 Å². The number of nitrogens with zero attached hydrogens (tertiary/aromatic N) is 3. The van der Waals surface area contributed by atoms with Crippen LogP contribution in [0.3, 0.4) is 0 Å². The number of aliphatic imine (C=N–C) groups is 1. The van der Waals surface area contributed by atoms with Crippen LogP contribution in [0.5, 0.6) is 0 Å². The van der Waals surface area contributed by atoms with Crippen molar-refractivity contribution in [3.8, 4) is 0 Å². The number of carbonyl (C=O) groups excluding carboxylic acids is 1. The molecule has 0 aromatic rings. The minimum Gasteiger partial charge on any atom is -0.371 e. The Hall–Kier alpha value is -2.04. The van der Waals surface area contributed by atoms with Crippen LogP contribution in [0, 0.1) is 5.92 Å². The number of nitrogens with one attached hydrogen (secondary N) is 1. The first-order chi connectivity index (χ1) is 13.6. The second kappa shape index (κ2) is 9.44. The van der Waals surface area contributed by atoms with Crippen LogP contribution < -0.4 is 5.32 Å². The molecule has 1 saturated heterocycles. The van der Waals surface area contributed by atoms with Gasteiger partial charge < -0.3 is 15.1 Å². The van der Waals surface area contributed by atoms with Crippen LogP contribution in [0.1, 0.15) is 66.2 Å². The van der Waals surface area contributed by atoms with Gasteiger partial charge in [-0.3, -0.25) is 4.79 Å². The fraction of sp³-hybridized carbons (Fsp3) is 0.652. The van der Waals surface area contributed by atoms with E-state index in [1.807, 2.05) is 6.20 Å². The summed E-state index contributed by atoms with van der Waals surface area (Å²) in [7, 11) is 0. The Kier molecular flexibility index (Phi) is 6.97. The first-order valence-electron chi connectivity index (χ1n) is 11.0. The van der Waals surface area contributed by atoms with Crippen LogP contribution in [0.4, 0.5) is 0 Å². The summed E-state index contributed by atoms with van der Waals surface area (Å²) < 4.78 is 0. The molecule has 0 spiro atoms. The minimum atomic E-state index is 0.247. The number of unbranched alkanes of at least 4 members (excludes halogenated alkanes) is 1. The smallest absolute Gasteiger partial charge is 0.222 e. The summed E-state index contributed by atoms with van der Waals surface area (Å²) in [5.41, 5.74) is 3.96. The average Bonchev–Trinajstić information content (AvgIpc) is 3.45. The van der Waals surface area contributed by atoms with Crippen molar-refractivity contribution < 1.29 is 4.79 Å². The quantitative estimate of drug-likeness (QED) is 0.715. The second-order valence-electron chi connectivity index (χ2n) is 8.24. The monoisotopic (exact) mass is 384 g/mol. The molecule has 5 nitrogen and oxygen atoms in total. The van der Waals surface area contributed by atoms with Gasteiger partial charge in [0.2, 0.25) is 5.91 Å². The van der Waals surface area contributed by atoms with Gasteiger partial charge in [-0.05, 0) is 57.2 Å². The molecule has 1 unspecified atom stereocenters. The summed E-state index contributed by atoms with van der Waals surface area (Å²) in [4.78, 5) is 21.7. The SMILES string of the molecule is CC/C=C/NC1=NC=C(C2CC2)/C1=C(/C)N1CCN(C(=O)CCCC)C(C)C1. The van der Waals surface area contributed by atoms with Gasteiger partial charge in [0.05, 0.1) is 0 Å². The van der Waals surface area contributed by atoms with Gasteiger partial charge in [0.25, 0.3) is 0 Å². The predicted octanol–water partition coefficient (Wildman–Crippen LogP) is 4.20. The molecule has 0 bridgehead atoms. The summed E-state index contributed by atoms with van der Waals surface area (Å²) in [5.74, 6) is 1.95. The minimum absolute atomic E-state index is 0.247. The van der Waals surface area contributed by atoms with Crippen molar-refractivity contribution in [1.82, 2.24) is 15.1 Å². The summed E-state index contributed by atoms with van der Waals surface area (Å²) >= 11 is 0. The predicted molar refractivity (Wildman–Crippen MR) is 116 cm³/mol. The van der Waals surface area contributed by atoms with Gasteiger partial charge >= 0.3 is 0 Å². The van der Waals surface area contributed by atoms with E-state index in [-0.39, 0.29) is 6.04 Å². The van der Waals surface area contributed by atoms with Crippen molar-refractivity contribution in [3.05, 3.63) is 35.3 Å². The molecule has 0 radical (unpaired) electrons. The third-order valence-corrected chi connectivity index (χ3v) is 5.98. The van der Waals surface area contributed by atoms with Gasteiger partial charge in [-0.1, -0.05) is 26.3 Å². The summed E-state index contributed by atoms with van der Waals surface area (Å²) in [6, 6.07) is 0.247. The Morgan fingerprint density at radius 3 is 2.75 bits per heavy atom. The molecule has 2 heterocycles. The first kappa shape index (κ1) is 20.7. The van der Waals surface area contributed by atoms with Crippen molar-refractivity contribution >= 4 is 11.7 Å². The molecule has 1 amide bonds. The maximum absolute atomic E-state index is 12.5. The number of hydrogen-bond acceptors (Lipinski definition) is 4. The maximum atomic E-state index is 12.5. The molecule has 28 heavy (non-hydrogen) atoms. The Morgan fingerprint density at radius 2 is 2.11 bits per heavy atom. The van der Waals surface area contributed by atoms with Gasteiger partial charge in [0.15, 0.2) is 0 Å². The van der Waals surface area contributed by atoms with Gasteiger partial charge in [0, 0.05) is 49.6 Å². The molecule has 154 valence electrons. The number of piperazine rings is 1. The molecule has 2 fully saturated rings. The van der Waals surface area contributed by atoms with Crippen molar-refractivity contribution in [2.75, 3.05) is 19.6 Å². The van der Waals surface area contributed by atoms with E-state index >= 15 is 0 Å². The van der Waals surface area contributed by atoms with E-state index in [9.17, 15) is 4.79 Å². The molecule has 5 heteroatoms. The summed E-state index contributed by atoms with van der Waals surface area (Å²) in [6.07, 6.45) is 12.5. The third-order valence-electron chi connectivity index (χ3n) is 5.98. The molecule has 1 atom stereocenters. The van der Waals surface area contributed by atoms with E-state index in [1.165, 1.54) is 29.7 Å². The molecule has 2 aliphatic heterocycles. The molecule has 1 aliphatic carbocycles. The lowest BCUT2D eigenvalue weighted by atomic mass is 9.99. The number of carbonyl (C=O) groups is 1. The zero-order valence-electron chi connectivity index (χ0n) is 18.0. The van der Waals surface area contributed by atoms with Gasteiger partial charge in [0.1, 0.15) is 5.84 Å².